The third kappa shape index (κ3) is 4.18. The van der Waals surface area contributed by atoms with Crippen molar-refractivity contribution in [2.75, 3.05) is 31.3 Å². The zero-order valence-corrected chi connectivity index (χ0v) is 21.9. The number of ether oxygens (including phenoxy) is 1. The molecule has 2 aromatic carbocycles. The second-order valence-corrected chi connectivity index (χ2v) is 10.3. The molecule has 4 heterocycles. The molecule has 2 aromatic rings. The van der Waals surface area contributed by atoms with Crippen LogP contribution in [0, 0.1) is 22.5 Å². The van der Waals surface area contributed by atoms with Gasteiger partial charge in [-0.25, -0.2) is 13.6 Å². The number of aliphatic hydroxyl groups is 1. The smallest absolute Gasteiger partial charge is 0.331 e. The average Bonchev–Trinajstić information content (AvgIpc) is 3.57. The summed E-state index contributed by atoms with van der Waals surface area (Å²) in [5, 5.41) is 38.5. The standard InChI is InChI=1S/C26H27F2N9O5/c27-15-8-4-7-14(19(15)28)22(40)31-17-10-37-24(30)32-16(20-26(37,21(17)42-12-38)34-23(29)33-20)9-36-18(39)11-35(25(36)41)13-5-2-1-3-6-13/h1-8,16-17,20-21,38H,9-12H2,(H2,30,32)(H,31,40)(H3,29,33,34)/t16-,17?,20?,21+,26?/m0/s1. The Kier molecular flexibility index (Phi) is 6.65. The number of hydrogen-bond donors (Lipinski definition) is 7. The number of nitrogens with one attached hydrogen (secondary N) is 6. The fourth-order valence-corrected chi connectivity index (χ4v) is 6.24. The van der Waals surface area contributed by atoms with Crippen molar-refractivity contribution in [1.29, 1.82) is 10.8 Å². The molecule has 4 aliphatic heterocycles. The lowest BCUT2D eigenvalue weighted by molar-refractivity contribution is -0.125. The molecule has 0 saturated carbocycles. The molecule has 14 nitrogen and oxygen atoms in total. The van der Waals surface area contributed by atoms with Gasteiger partial charge in [-0.15, -0.1) is 0 Å². The number of rotatable bonds is 7. The largest absolute Gasteiger partial charge is 0.371 e. The summed E-state index contributed by atoms with van der Waals surface area (Å²) in [4.78, 5) is 43.1. The van der Waals surface area contributed by atoms with Gasteiger partial charge in [0.1, 0.15) is 19.4 Å². The SMILES string of the molecule is N=C1NC2[C@H](CN3C(=O)CN(c4ccccc4)C3=O)NC(=N)N3CC(NC(=O)c4cccc(F)c4F)[C@@H](OCO)C23N1. The summed E-state index contributed by atoms with van der Waals surface area (Å²) in [5.41, 5.74) is -1.44. The highest BCUT2D eigenvalue weighted by Gasteiger charge is 2.68. The molecule has 4 amide bonds. The Bertz CT molecular complexity index is 1480. The first-order chi connectivity index (χ1) is 20.1. The summed E-state index contributed by atoms with van der Waals surface area (Å²) in [7, 11) is 0. The molecule has 4 fully saturated rings. The van der Waals surface area contributed by atoms with Crippen molar-refractivity contribution in [3.05, 3.63) is 65.7 Å². The fraction of sp³-hybridized carbons (Fsp3) is 0.346. The van der Waals surface area contributed by atoms with E-state index in [0.29, 0.717) is 5.69 Å². The van der Waals surface area contributed by atoms with E-state index < -0.39 is 71.7 Å². The number of aliphatic hydroxyl groups excluding tert-OH is 1. The number of hydrogen-bond acceptors (Lipinski definition) is 7. The first-order valence-corrected chi connectivity index (χ1v) is 13.1. The van der Waals surface area contributed by atoms with Crippen molar-refractivity contribution in [2.24, 2.45) is 0 Å². The van der Waals surface area contributed by atoms with Crippen LogP contribution in [0.4, 0.5) is 19.3 Å². The number of imide groups is 1. The molecule has 4 saturated heterocycles. The number of nitrogens with zero attached hydrogens (tertiary/aromatic N) is 3. The zero-order chi connectivity index (χ0) is 29.8. The highest BCUT2D eigenvalue weighted by molar-refractivity contribution is 6.12. The van der Waals surface area contributed by atoms with E-state index in [1.54, 1.807) is 30.3 Å². The minimum atomic E-state index is -1.45. The minimum absolute atomic E-state index is 0.0757. The number of carbonyl (C=O) groups is 3. The molecule has 7 N–H and O–H groups in total. The Morgan fingerprint density at radius 1 is 1.12 bits per heavy atom. The number of guanidine groups is 2. The first kappa shape index (κ1) is 27.3. The maximum atomic E-state index is 14.4. The van der Waals surface area contributed by atoms with E-state index >= 15 is 0 Å². The van der Waals surface area contributed by atoms with E-state index in [1.807, 2.05) is 0 Å². The van der Waals surface area contributed by atoms with E-state index in [2.05, 4.69) is 21.3 Å². The third-order valence-electron chi connectivity index (χ3n) is 7.99. The summed E-state index contributed by atoms with van der Waals surface area (Å²) in [6.07, 6.45) is -1.13. The fourth-order valence-electron chi connectivity index (χ4n) is 6.24. The van der Waals surface area contributed by atoms with Gasteiger partial charge in [-0.2, -0.15) is 0 Å². The van der Waals surface area contributed by atoms with Crippen molar-refractivity contribution in [3.8, 4) is 0 Å². The molecule has 16 heteroatoms. The maximum Gasteiger partial charge on any atom is 0.331 e. The quantitative estimate of drug-likeness (QED) is 0.163. The monoisotopic (exact) mass is 583 g/mol. The van der Waals surface area contributed by atoms with Crippen LogP contribution in [0.5, 0.6) is 0 Å². The number of urea groups is 1. The second kappa shape index (κ2) is 10.2. The number of halogens is 2. The van der Waals surface area contributed by atoms with E-state index in [0.717, 1.165) is 17.0 Å². The molecule has 0 radical (unpaired) electrons. The molecular formula is C26H27F2N9O5. The van der Waals surface area contributed by atoms with Crippen molar-refractivity contribution in [2.45, 2.75) is 29.9 Å². The van der Waals surface area contributed by atoms with E-state index in [1.165, 1.54) is 15.9 Å². The summed E-state index contributed by atoms with van der Waals surface area (Å²) in [5.74, 6) is -4.25. The predicted molar refractivity (Wildman–Crippen MR) is 142 cm³/mol. The van der Waals surface area contributed by atoms with Crippen LogP contribution >= 0.6 is 0 Å². The van der Waals surface area contributed by atoms with Crippen molar-refractivity contribution >= 4 is 35.5 Å². The Balaban J connectivity index is 1.29. The summed E-state index contributed by atoms with van der Waals surface area (Å²) in [6, 6.07) is 8.73. The molecule has 4 aliphatic rings. The number of carbonyl (C=O) groups excluding carboxylic acids is 3. The van der Waals surface area contributed by atoms with Crippen LogP contribution in [0.15, 0.2) is 48.5 Å². The van der Waals surface area contributed by atoms with Crippen LogP contribution in [-0.4, -0.2) is 101 Å². The molecule has 0 bridgehead atoms. The van der Waals surface area contributed by atoms with Gasteiger partial charge in [0.25, 0.3) is 11.8 Å². The maximum absolute atomic E-state index is 14.4. The predicted octanol–water partition coefficient (Wildman–Crippen LogP) is -0.718. The normalized spacial score (nSPS) is 28.3. The van der Waals surface area contributed by atoms with Crippen LogP contribution in [0.3, 0.4) is 0 Å². The highest BCUT2D eigenvalue weighted by Crippen LogP contribution is 2.39. The van der Waals surface area contributed by atoms with Gasteiger partial charge in [0.2, 0.25) is 0 Å². The average molecular weight is 584 g/mol. The van der Waals surface area contributed by atoms with Gasteiger partial charge >= 0.3 is 6.03 Å². The van der Waals surface area contributed by atoms with Crippen LogP contribution in [0.25, 0.3) is 0 Å². The van der Waals surface area contributed by atoms with Gasteiger partial charge in [0.05, 0.1) is 30.2 Å². The first-order valence-electron chi connectivity index (χ1n) is 13.1. The molecule has 5 atom stereocenters. The van der Waals surface area contributed by atoms with Gasteiger partial charge < -0.3 is 36.0 Å². The molecule has 3 unspecified atom stereocenters. The van der Waals surface area contributed by atoms with Gasteiger partial charge in [-0.05, 0) is 24.3 Å². The number of para-hydroxylation sites is 1. The Morgan fingerprint density at radius 2 is 1.88 bits per heavy atom. The number of anilines is 1. The van der Waals surface area contributed by atoms with Crippen molar-refractivity contribution in [1.82, 2.24) is 31.1 Å². The van der Waals surface area contributed by atoms with Crippen LogP contribution in [0.2, 0.25) is 0 Å². The number of benzene rings is 2. The van der Waals surface area contributed by atoms with E-state index in [-0.39, 0.29) is 31.6 Å². The van der Waals surface area contributed by atoms with Gasteiger partial charge in [0.15, 0.2) is 29.2 Å². The Morgan fingerprint density at radius 3 is 2.62 bits per heavy atom. The Labute approximate surface area is 237 Å². The lowest BCUT2D eigenvalue weighted by Gasteiger charge is -2.50. The minimum Gasteiger partial charge on any atom is -0.371 e. The van der Waals surface area contributed by atoms with Gasteiger partial charge in [0, 0.05) is 12.2 Å². The lowest BCUT2D eigenvalue weighted by Crippen LogP contribution is -2.78. The summed E-state index contributed by atoms with van der Waals surface area (Å²) < 4.78 is 33.8. The highest BCUT2D eigenvalue weighted by atomic mass is 19.2. The lowest BCUT2D eigenvalue weighted by atomic mass is 9.86. The summed E-state index contributed by atoms with van der Waals surface area (Å²) in [6.45, 7) is -1.22. The van der Waals surface area contributed by atoms with Gasteiger partial charge in [-0.1, -0.05) is 24.3 Å². The Hall–Kier alpha value is -4.83. The van der Waals surface area contributed by atoms with Crippen LogP contribution < -0.4 is 26.2 Å². The van der Waals surface area contributed by atoms with Gasteiger partial charge in [-0.3, -0.25) is 30.2 Å². The molecule has 0 aliphatic carbocycles. The molecule has 6 rings (SSSR count). The summed E-state index contributed by atoms with van der Waals surface area (Å²) >= 11 is 0. The molecule has 42 heavy (non-hydrogen) atoms. The molecule has 0 aromatic heterocycles. The zero-order valence-electron chi connectivity index (χ0n) is 21.9. The second-order valence-electron chi connectivity index (χ2n) is 10.3. The molecular weight excluding hydrogens is 556 g/mol. The third-order valence-corrected chi connectivity index (χ3v) is 7.99. The van der Waals surface area contributed by atoms with Crippen molar-refractivity contribution < 1.29 is 33.0 Å². The van der Waals surface area contributed by atoms with Crippen molar-refractivity contribution in [3.63, 3.8) is 0 Å². The van der Waals surface area contributed by atoms with E-state index in [4.69, 9.17) is 15.6 Å². The molecule has 220 valence electrons. The van der Waals surface area contributed by atoms with Crippen LogP contribution in [0.1, 0.15) is 10.4 Å². The van der Waals surface area contributed by atoms with E-state index in [9.17, 15) is 28.3 Å². The number of amides is 4. The molecule has 1 spiro atoms. The van der Waals surface area contributed by atoms with Crippen LogP contribution in [-0.2, 0) is 9.53 Å². The topological polar surface area (TPSA) is 186 Å².